The summed E-state index contributed by atoms with van der Waals surface area (Å²) < 4.78 is 42.9. The largest absolute Gasteiger partial charge is 0.416 e. The maximum Gasteiger partial charge on any atom is 0.416 e. The van der Waals surface area contributed by atoms with E-state index in [0.717, 1.165) is 25.0 Å². The summed E-state index contributed by atoms with van der Waals surface area (Å²) in [4.78, 5) is 11.9. The van der Waals surface area contributed by atoms with Gasteiger partial charge in [-0.25, -0.2) is 0 Å². The van der Waals surface area contributed by atoms with Crippen LogP contribution in [0.25, 0.3) is 0 Å². The Labute approximate surface area is 121 Å². The molecule has 0 aliphatic heterocycles. The number of halogens is 3. The monoisotopic (exact) mass is 298 g/mol. The fourth-order valence-corrected chi connectivity index (χ4v) is 2.19. The summed E-state index contributed by atoms with van der Waals surface area (Å²) in [6.45, 7) is 0.151. The molecule has 1 aliphatic rings. The van der Waals surface area contributed by atoms with Gasteiger partial charge in [-0.1, -0.05) is 24.3 Å². The number of benzene rings is 1. The van der Waals surface area contributed by atoms with Crippen molar-refractivity contribution in [2.75, 3.05) is 0 Å². The predicted octanol–water partition coefficient (Wildman–Crippen LogP) is 4.29. The predicted molar refractivity (Wildman–Crippen MR) is 72.6 cm³/mol. The van der Waals surface area contributed by atoms with Crippen LogP contribution in [0, 0.1) is 0 Å². The molecule has 21 heavy (non-hydrogen) atoms. The number of Topliss-reactive ketones (excluding diaryl/α,β-unsaturated/α-hetero) is 1. The molecule has 1 unspecified atom stereocenters. The summed E-state index contributed by atoms with van der Waals surface area (Å²) in [7, 11) is 0. The standard InChI is InChI=1S/C16H17F3O2/c17-16(18,19)13-9-7-12(8-10-13)11-21-15-6-4-2-1-3-5-14(15)20/h1-2,7-10,15H,3-6,11H2/b2-1-. The topological polar surface area (TPSA) is 26.3 Å². The van der Waals surface area contributed by atoms with Crippen molar-refractivity contribution in [2.24, 2.45) is 0 Å². The number of hydrogen-bond donors (Lipinski definition) is 0. The van der Waals surface area contributed by atoms with Crippen LogP contribution in [-0.4, -0.2) is 11.9 Å². The van der Waals surface area contributed by atoms with Crippen LogP contribution < -0.4 is 0 Å². The Bertz CT molecular complexity index is 503. The van der Waals surface area contributed by atoms with E-state index in [2.05, 4.69) is 0 Å². The van der Waals surface area contributed by atoms with E-state index in [9.17, 15) is 18.0 Å². The number of rotatable bonds is 3. The van der Waals surface area contributed by atoms with E-state index >= 15 is 0 Å². The molecule has 0 heterocycles. The van der Waals surface area contributed by atoms with Gasteiger partial charge < -0.3 is 4.74 Å². The summed E-state index contributed by atoms with van der Waals surface area (Å²) in [6, 6.07) is 4.83. The Kier molecular flexibility index (Phi) is 5.17. The summed E-state index contributed by atoms with van der Waals surface area (Å²) >= 11 is 0. The van der Waals surface area contributed by atoms with Crippen LogP contribution >= 0.6 is 0 Å². The van der Waals surface area contributed by atoms with Crippen molar-refractivity contribution >= 4 is 5.78 Å². The number of ketones is 1. The SMILES string of the molecule is O=C1CC/C=C\CCC1OCc1ccc(C(F)(F)F)cc1. The van der Waals surface area contributed by atoms with Crippen molar-refractivity contribution in [2.45, 2.75) is 44.6 Å². The van der Waals surface area contributed by atoms with Gasteiger partial charge in [-0.2, -0.15) is 13.2 Å². The van der Waals surface area contributed by atoms with E-state index in [0.29, 0.717) is 18.4 Å². The third-order valence-corrected chi connectivity index (χ3v) is 3.41. The second kappa shape index (κ2) is 6.89. The van der Waals surface area contributed by atoms with Gasteiger partial charge in [0.05, 0.1) is 12.2 Å². The van der Waals surface area contributed by atoms with Gasteiger partial charge in [0.15, 0.2) is 5.78 Å². The minimum Gasteiger partial charge on any atom is -0.366 e. The Balaban J connectivity index is 1.92. The molecule has 0 N–H and O–H groups in total. The third kappa shape index (κ3) is 4.70. The zero-order valence-electron chi connectivity index (χ0n) is 11.5. The van der Waals surface area contributed by atoms with E-state index in [-0.39, 0.29) is 12.4 Å². The smallest absolute Gasteiger partial charge is 0.366 e. The molecular formula is C16H17F3O2. The Hall–Kier alpha value is -1.62. The van der Waals surface area contributed by atoms with Crippen molar-refractivity contribution in [1.29, 1.82) is 0 Å². The maximum atomic E-state index is 12.4. The molecule has 1 aromatic carbocycles. The molecule has 0 amide bonds. The lowest BCUT2D eigenvalue weighted by molar-refractivity contribution is -0.137. The number of carbonyl (C=O) groups excluding carboxylic acids is 1. The van der Waals surface area contributed by atoms with Crippen LogP contribution in [0.1, 0.15) is 36.8 Å². The molecule has 1 atom stereocenters. The highest BCUT2D eigenvalue weighted by molar-refractivity contribution is 5.83. The van der Waals surface area contributed by atoms with Gasteiger partial charge in [-0.15, -0.1) is 0 Å². The van der Waals surface area contributed by atoms with Crippen molar-refractivity contribution < 1.29 is 22.7 Å². The van der Waals surface area contributed by atoms with E-state index < -0.39 is 17.8 Å². The zero-order chi connectivity index (χ0) is 15.3. The average Bonchev–Trinajstić information content (AvgIpc) is 2.42. The van der Waals surface area contributed by atoms with E-state index in [1.54, 1.807) is 0 Å². The number of alkyl halides is 3. The quantitative estimate of drug-likeness (QED) is 0.778. The van der Waals surface area contributed by atoms with Gasteiger partial charge in [-0.3, -0.25) is 4.79 Å². The van der Waals surface area contributed by atoms with E-state index in [4.69, 9.17) is 4.74 Å². The molecule has 0 saturated carbocycles. The second-order valence-corrected chi connectivity index (χ2v) is 5.05. The lowest BCUT2D eigenvalue weighted by atomic mass is 10.0. The first-order valence-corrected chi connectivity index (χ1v) is 6.92. The molecule has 0 spiro atoms. The number of ether oxygens (including phenoxy) is 1. The molecule has 0 fully saturated rings. The van der Waals surface area contributed by atoms with Gasteiger partial charge in [0.25, 0.3) is 0 Å². The maximum absolute atomic E-state index is 12.4. The molecule has 0 saturated heterocycles. The Morgan fingerprint density at radius 3 is 2.43 bits per heavy atom. The van der Waals surface area contributed by atoms with Crippen LogP contribution in [0.3, 0.4) is 0 Å². The molecule has 1 aromatic rings. The van der Waals surface area contributed by atoms with Crippen LogP contribution in [0.4, 0.5) is 13.2 Å². The highest BCUT2D eigenvalue weighted by Crippen LogP contribution is 2.29. The molecule has 114 valence electrons. The third-order valence-electron chi connectivity index (χ3n) is 3.41. The lowest BCUT2D eigenvalue weighted by Gasteiger charge is -2.17. The first-order valence-electron chi connectivity index (χ1n) is 6.92. The fraction of sp³-hybridized carbons (Fsp3) is 0.438. The highest BCUT2D eigenvalue weighted by atomic mass is 19.4. The number of hydrogen-bond acceptors (Lipinski definition) is 2. The summed E-state index contributed by atoms with van der Waals surface area (Å²) in [5.41, 5.74) is -0.0492. The minimum atomic E-state index is -4.33. The van der Waals surface area contributed by atoms with Crippen LogP contribution in [0.15, 0.2) is 36.4 Å². The van der Waals surface area contributed by atoms with Gasteiger partial charge in [-0.05, 0) is 37.0 Å². The van der Waals surface area contributed by atoms with Crippen molar-refractivity contribution in [3.8, 4) is 0 Å². The van der Waals surface area contributed by atoms with Crippen LogP contribution in [0.2, 0.25) is 0 Å². The van der Waals surface area contributed by atoms with Gasteiger partial charge >= 0.3 is 6.18 Å². The fourth-order valence-electron chi connectivity index (χ4n) is 2.19. The molecule has 0 radical (unpaired) electrons. The van der Waals surface area contributed by atoms with Crippen LogP contribution in [-0.2, 0) is 22.3 Å². The second-order valence-electron chi connectivity index (χ2n) is 5.05. The number of allylic oxidation sites excluding steroid dienone is 2. The van der Waals surface area contributed by atoms with Crippen molar-refractivity contribution in [3.63, 3.8) is 0 Å². The average molecular weight is 298 g/mol. The molecule has 0 aromatic heterocycles. The molecule has 2 rings (SSSR count). The Morgan fingerprint density at radius 2 is 1.76 bits per heavy atom. The normalized spacial score (nSPS) is 21.7. The summed E-state index contributed by atoms with van der Waals surface area (Å²) in [6.07, 6.45) is 1.80. The minimum absolute atomic E-state index is 0.0614. The first kappa shape index (κ1) is 15.8. The molecule has 5 heteroatoms. The molecule has 1 aliphatic carbocycles. The van der Waals surface area contributed by atoms with E-state index in [1.807, 2.05) is 12.2 Å². The highest BCUT2D eigenvalue weighted by Gasteiger charge is 2.30. The van der Waals surface area contributed by atoms with Crippen molar-refractivity contribution in [3.05, 3.63) is 47.5 Å². The van der Waals surface area contributed by atoms with Gasteiger partial charge in [0.2, 0.25) is 0 Å². The van der Waals surface area contributed by atoms with E-state index in [1.165, 1.54) is 12.1 Å². The Morgan fingerprint density at radius 1 is 1.10 bits per heavy atom. The first-order chi connectivity index (χ1) is 9.97. The van der Waals surface area contributed by atoms with Crippen LogP contribution in [0.5, 0.6) is 0 Å². The molecule has 0 bridgehead atoms. The van der Waals surface area contributed by atoms with Gasteiger partial charge in [0, 0.05) is 6.42 Å². The van der Waals surface area contributed by atoms with Gasteiger partial charge in [0.1, 0.15) is 6.10 Å². The summed E-state index contributed by atoms with van der Waals surface area (Å²) in [5.74, 6) is 0.0614. The summed E-state index contributed by atoms with van der Waals surface area (Å²) in [5, 5.41) is 0. The molecular weight excluding hydrogens is 281 g/mol. The zero-order valence-corrected chi connectivity index (χ0v) is 11.5. The number of carbonyl (C=O) groups is 1. The molecule has 2 nitrogen and oxygen atoms in total. The lowest BCUT2D eigenvalue weighted by Crippen LogP contribution is -2.24. The van der Waals surface area contributed by atoms with Crippen molar-refractivity contribution in [1.82, 2.24) is 0 Å².